The molecule has 0 rings (SSSR count). The molecular formula is C17H34N2O2S. The SMILES string of the molecule is CCCCCCCCCCNS(=O)(=O)C(C#N)CCCCC. The molecule has 0 amide bonds. The van der Waals surface area contributed by atoms with Crippen molar-refractivity contribution in [2.75, 3.05) is 6.54 Å². The highest BCUT2D eigenvalue weighted by molar-refractivity contribution is 7.90. The molecule has 0 saturated heterocycles. The third-order valence-electron chi connectivity index (χ3n) is 3.92. The smallest absolute Gasteiger partial charge is 0.214 e. The van der Waals surface area contributed by atoms with Crippen LogP contribution < -0.4 is 4.72 Å². The number of nitriles is 1. The quantitative estimate of drug-likeness (QED) is 0.449. The molecule has 1 atom stereocenters. The fourth-order valence-electron chi connectivity index (χ4n) is 2.44. The van der Waals surface area contributed by atoms with E-state index in [0.29, 0.717) is 13.0 Å². The van der Waals surface area contributed by atoms with Crippen LogP contribution in [0.15, 0.2) is 0 Å². The lowest BCUT2D eigenvalue weighted by Crippen LogP contribution is -2.34. The van der Waals surface area contributed by atoms with E-state index >= 15 is 0 Å². The van der Waals surface area contributed by atoms with Gasteiger partial charge in [-0.1, -0.05) is 78.1 Å². The third-order valence-corrected chi connectivity index (χ3v) is 5.62. The number of unbranched alkanes of at least 4 members (excludes halogenated alkanes) is 9. The first-order valence-electron chi connectivity index (χ1n) is 8.96. The van der Waals surface area contributed by atoms with Gasteiger partial charge in [-0.25, -0.2) is 13.1 Å². The van der Waals surface area contributed by atoms with Gasteiger partial charge in [0.1, 0.15) is 0 Å². The minimum Gasteiger partial charge on any atom is -0.214 e. The second-order valence-electron chi connectivity index (χ2n) is 6.03. The average molecular weight is 331 g/mol. The van der Waals surface area contributed by atoms with E-state index in [1.807, 2.05) is 6.07 Å². The Morgan fingerprint density at radius 1 is 0.864 bits per heavy atom. The molecule has 4 nitrogen and oxygen atoms in total. The van der Waals surface area contributed by atoms with Crippen molar-refractivity contribution in [1.29, 1.82) is 5.26 Å². The molecule has 0 aliphatic carbocycles. The summed E-state index contributed by atoms with van der Waals surface area (Å²) in [6.45, 7) is 4.74. The Morgan fingerprint density at radius 2 is 1.36 bits per heavy atom. The zero-order chi connectivity index (χ0) is 16.7. The van der Waals surface area contributed by atoms with Crippen molar-refractivity contribution >= 4 is 10.0 Å². The Kier molecular flexibility index (Phi) is 13.6. The number of hydrogen-bond acceptors (Lipinski definition) is 3. The lowest BCUT2D eigenvalue weighted by Gasteiger charge is -2.11. The van der Waals surface area contributed by atoms with Crippen molar-refractivity contribution in [1.82, 2.24) is 4.72 Å². The fraction of sp³-hybridized carbons (Fsp3) is 0.941. The van der Waals surface area contributed by atoms with Gasteiger partial charge < -0.3 is 0 Å². The monoisotopic (exact) mass is 330 g/mol. The molecule has 0 bridgehead atoms. The van der Waals surface area contributed by atoms with Gasteiger partial charge in [0.2, 0.25) is 10.0 Å². The Labute approximate surface area is 137 Å². The summed E-state index contributed by atoms with van der Waals surface area (Å²) in [5, 5.41) is 8.14. The molecule has 0 aromatic rings. The van der Waals surface area contributed by atoms with Gasteiger partial charge in [0.05, 0.1) is 6.07 Å². The standard InChI is InChI=1S/C17H34N2O2S/c1-3-5-7-8-9-10-11-13-15-19-22(20,21)17(16-18)14-12-6-4-2/h17,19H,3-15H2,1-2H3. The Bertz CT molecular complexity index is 388. The molecule has 5 heteroatoms. The van der Waals surface area contributed by atoms with Gasteiger partial charge in [-0.05, 0) is 12.8 Å². The highest BCUT2D eigenvalue weighted by Crippen LogP contribution is 2.11. The van der Waals surface area contributed by atoms with Crippen LogP contribution in [0.3, 0.4) is 0 Å². The number of rotatable bonds is 15. The van der Waals surface area contributed by atoms with E-state index in [0.717, 1.165) is 32.1 Å². The van der Waals surface area contributed by atoms with Crippen LogP contribution in [0.4, 0.5) is 0 Å². The van der Waals surface area contributed by atoms with E-state index in [1.54, 1.807) is 0 Å². The van der Waals surface area contributed by atoms with Crippen LogP contribution in [-0.2, 0) is 10.0 Å². The van der Waals surface area contributed by atoms with Crippen LogP contribution in [0.5, 0.6) is 0 Å². The van der Waals surface area contributed by atoms with Gasteiger partial charge in [0, 0.05) is 6.54 Å². The van der Waals surface area contributed by atoms with E-state index in [4.69, 9.17) is 5.26 Å². The number of nitrogens with one attached hydrogen (secondary N) is 1. The summed E-state index contributed by atoms with van der Waals surface area (Å²) in [6.07, 6.45) is 12.8. The number of sulfonamides is 1. The summed E-state index contributed by atoms with van der Waals surface area (Å²) >= 11 is 0. The topological polar surface area (TPSA) is 70.0 Å². The molecule has 0 heterocycles. The Hall–Kier alpha value is -0.600. The zero-order valence-corrected chi connectivity index (χ0v) is 15.3. The highest BCUT2D eigenvalue weighted by atomic mass is 32.2. The minimum absolute atomic E-state index is 0.442. The number of nitrogens with zero attached hydrogens (tertiary/aromatic N) is 1. The molecule has 1 N–H and O–H groups in total. The van der Waals surface area contributed by atoms with Crippen LogP contribution in [0.1, 0.15) is 90.9 Å². The van der Waals surface area contributed by atoms with E-state index in [1.165, 1.54) is 38.5 Å². The Balaban J connectivity index is 3.76. The van der Waals surface area contributed by atoms with E-state index in [-0.39, 0.29) is 0 Å². The first-order valence-corrected chi connectivity index (χ1v) is 10.5. The molecule has 0 radical (unpaired) electrons. The van der Waals surface area contributed by atoms with Crippen LogP contribution in [0.25, 0.3) is 0 Å². The summed E-state index contributed by atoms with van der Waals surface area (Å²) < 4.78 is 26.7. The zero-order valence-electron chi connectivity index (χ0n) is 14.4. The van der Waals surface area contributed by atoms with Crippen LogP contribution in [0.2, 0.25) is 0 Å². The molecule has 0 aliphatic heterocycles. The Morgan fingerprint density at radius 3 is 1.91 bits per heavy atom. The van der Waals surface area contributed by atoms with Crippen LogP contribution in [-0.4, -0.2) is 20.2 Å². The van der Waals surface area contributed by atoms with Gasteiger partial charge in [-0.15, -0.1) is 0 Å². The largest absolute Gasteiger partial charge is 0.227 e. The van der Waals surface area contributed by atoms with Gasteiger partial charge in [0.25, 0.3) is 0 Å². The molecule has 0 aromatic heterocycles. The maximum absolute atomic E-state index is 12.0. The second-order valence-corrected chi connectivity index (χ2v) is 7.98. The summed E-state index contributed by atoms with van der Waals surface area (Å²) in [4.78, 5) is 0. The molecular weight excluding hydrogens is 296 g/mol. The van der Waals surface area contributed by atoms with Gasteiger partial charge in [-0.2, -0.15) is 5.26 Å². The normalized spacial score (nSPS) is 13.0. The number of hydrogen-bond donors (Lipinski definition) is 1. The maximum Gasteiger partial charge on any atom is 0.227 e. The van der Waals surface area contributed by atoms with E-state index in [2.05, 4.69) is 18.6 Å². The van der Waals surface area contributed by atoms with Crippen molar-refractivity contribution in [3.8, 4) is 6.07 Å². The van der Waals surface area contributed by atoms with E-state index < -0.39 is 15.3 Å². The van der Waals surface area contributed by atoms with Crippen molar-refractivity contribution < 1.29 is 8.42 Å². The predicted molar refractivity (Wildman–Crippen MR) is 93.1 cm³/mol. The van der Waals surface area contributed by atoms with Crippen LogP contribution in [0, 0.1) is 11.3 Å². The fourth-order valence-corrected chi connectivity index (χ4v) is 3.69. The molecule has 0 saturated carbocycles. The third kappa shape index (κ3) is 11.0. The predicted octanol–water partition coefficient (Wildman–Crippen LogP) is 4.52. The average Bonchev–Trinajstić information content (AvgIpc) is 2.49. The lowest BCUT2D eigenvalue weighted by molar-refractivity contribution is 0.549. The second kappa shape index (κ2) is 14.0. The summed E-state index contributed by atoms with van der Waals surface area (Å²) in [7, 11) is -3.47. The maximum atomic E-state index is 12.0. The molecule has 1 unspecified atom stereocenters. The van der Waals surface area contributed by atoms with Crippen molar-refractivity contribution in [3.63, 3.8) is 0 Å². The molecule has 0 aliphatic rings. The molecule has 0 fully saturated rings. The van der Waals surface area contributed by atoms with Crippen molar-refractivity contribution in [3.05, 3.63) is 0 Å². The van der Waals surface area contributed by atoms with E-state index in [9.17, 15) is 8.42 Å². The highest BCUT2D eigenvalue weighted by Gasteiger charge is 2.23. The molecule has 22 heavy (non-hydrogen) atoms. The van der Waals surface area contributed by atoms with Gasteiger partial charge >= 0.3 is 0 Å². The minimum atomic E-state index is -3.47. The van der Waals surface area contributed by atoms with Crippen molar-refractivity contribution in [2.45, 2.75) is 96.1 Å². The first-order chi connectivity index (χ1) is 10.6. The van der Waals surface area contributed by atoms with Gasteiger partial charge in [0.15, 0.2) is 5.25 Å². The summed E-state index contributed by atoms with van der Waals surface area (Å²) in [5.74, 6) is 0. The molecule has 0 aromatic carbocycles. The lowest BCUT2D eigenvalue weighted by atomic mass is 10.1. The summed E-state index contributed by atoms with van der Waals surface area (Å²) in [6, 6.07) is 1.93. The van der Waals surface area contributed by atoms with Crippen LogP contribution >= 0.6 is 0 Å². The first kappa shape index (κ1) is 21.4. The molecule has 0 spiro atoms. The van der Waals surface area contributed by atoms with Crippen molar-refractivity contribution in [2.24, 2.45) is 0 Å². The van der Waals surface area contributed by atoms with Gasteiger partial charge in [-0.3, -0.25) is 0 Å². The molecule has 130 valence electrons. The summed E-state index contributed by atoms with van der Waals surface area (Å²) in [5.41, 5.74) is 0.